The quantitative estimate of drug-likeness (QED) is 0.519. The number of piperazine rings is 1. The first-order chi connectivity index (χ1) is 14.1. The van der Waals surface area contributed by atoms with E-state index in [1.165, 1.54) is 0 Å². The predicted molar refractivity (Wildman–Crippen MR) is 123 cm³/mol. The van der Waals surface area contributed by atoms with Crippen molar-refractivity contribution >= 4 is 29.3 Å². The molecule has 2 aliphatic heterocycles. The molecule has 0 bridgehead atoms. The van der Waals surface area contributed by atoms with Gasteiger partial charge >= 0.3 is 0 Å². The molecule has 1 N–H and O–H groups in total. The predicted octanol–water partition coefficient (Wildman–Crippen LogP) is 2.82. The van der Waals surface area contributed by atoms with Gasteiger partial charge in [-0.25, -0.2) is 0 Å². The van der Waals surface area contributed by atoms with E-state index in [-0.39, 0.29) is 4.75 Å². The maximum Gasteiger partial charge on any atom is 0.193 e. The summed E-state index contributed by atoms with van der Waals surface area (Å²) in [4.78, 5) is 9.34. The van der Waals surface area contributed by atoms with Gasteiger partial charge in [-0.05, 0) is 43.4 Å². The average Bonchev–Trinajstić information content (AvgIpc) is 2.77. The van der Waals surface area contributed by atoms with Gasteiger partial charge in [0.05, 0.1) is 0 Å². The monoisotopic (exact) mass is 440 g/mol. The van der Waals surface area contributed by atoms with E-state index in [1.807, 2.05) is 43.1 Å². The number of nitrogens with zero attached hydrogens (tertiary/aromatic N) is 3. The number of thioether (sulfide) groups is 1. The van der Waals surface area contributed by atoms with Crippen LogP contribution < -0.4 is 10.1 Å². The Balaban J connectivity index is 1.38. The lowest BCUT2D eigenvalue weighted by atomic mass is 9.99. The molecule has 2 fully saturated rings. The third-order valence-corrected chi connectivity index (χ3v) is 7.45. The Kier molecular flexibility index (Phi) is 8.78. The average molecular weight is 441 g/mol. The number of aliphatic imine (C=N–C) groups is 1. The van der Waals surface area contributed by atoms with E-state index in [9.17, 15) is 0 Å². The molecule has 8 heteroatoms. The highest BCUT2D eigenvalue weighted by Crippen LogP contribution is 2.33. The van der Waals surface area contributed by atoms with Gasteiger partial charge in [0.2, 0.25) is 0 Å². The third kappa shape index (κ3) is 6.67. The zero-order valence-electron chi connectivity index (χ0n) is 17.5. The van der Waals surface area contributed by atoms with Gasteiger partial charge in [-0.15, -0.1) is 0 Å². The number of guanidine groups is 1. The number of nitrogens with one attached hydrogen (secondary N) is 1. The molecular formula is C21H33ClN4O2S. The van der Waals surface area contributed by atoms with Crippen LogP contribution in [0.3, 0.4) is 0 Å². The highest BCUT2D eigenvalue weighted by atomic mass is 35.5. The number of rotatable bonds is 7. The van der Waals surface area contributed by atoms with E-state index in [2.05, 4.69) is 26.4 Å². The van der Waals surface area contributed by atoms with Gasteiger partial charge in [0, 0.05) is 69.3 Å². The molecule has 0 unspecified atom stereocenters. The van der Waals surface area contributed by atoms with Gasteiger partial charge in [0.1, 0.15) is 12.4 Å². The SMILES string of the molecule is CN=C(NCC1(SC)CCOCC1)N1CCN(CCOc2ccc(Cl)cc2)CC1. The first-order valence-electron chi connectivity index (χ1n) is 10.3. The molecule has 162 valence electrons. The first-order valence-corrected chi connectivity index (χ1v) is 11.9. The lowest BCUT2D eigenvalue weighted by molar-refractivity contribution is 0.0779. The third-order valence-electron chi connectivity index (χ3n) is 5.78. The minimum absolute atomic E-state index is 0.259. The Morgan fingerprint density at radius 3 is 2.52 bits per heavy atom. The van der Waals surface area contributed by atoms with Gasteiger partial charge in [-0.2, -0.15) is 11.8 Å². The lowest BCUT2D eigenvalue weighted by Gasteiger charge is -2.39. The minimum atomic E-state index is 0.259. The molecule has 2 aliphatic rings. The van der Waals surface area contributed by atoms with Gasteiger partial charge in [-0.1, -0.05) is 11.6 Å². The molecule has 0 spiro atoms. The van der Waals surface area contributed by atoms with Crippen LogP contribution >= 0.6 is 23.4 Å². The Morgan fingerprint density at radius 2 is 1.90 bits per heavy atom. The van der Waals surface area contributed by atoms with Crippen molar-refractivity contribution in [3.63, 3.8) is 0 Å². The van der Waals surface area contributed by atoms with Crippen LogP contribution in [0.15, 0.2) is 29.3 Å². The molecule has 3 rings (SSSR count). The highest BCUT2D eigenvalue weighted by Gasteiger charge is 2.32. The van der Waals surface area contributed by atoms with E-state index in [0.717, 1.165) is 82.1 Å². The fourth-order valence-corrected chi connectivity index (χ4v) is 4.69. The van der Waals surface area contributed by atoms with Crippen molar-refractivity contribution in [3.8, 4) is 5.75 Å². The second kappa shape index (κ2) is 11.3. The Labute approximate surface area is 184 Å². The summed E-state index contributed by atoms with van der Waals surface area (Å²) in [7, 11) is 1.88. The van der Waals surface area contributed by atoms with E-state index in [0.29, 0.717) is 6.61 Å². The minimum Gasteiger partial charge on any atom is -0.492 e. The van der Waals surface area contributed by atoms with Crippen LogP contribution in [0.2, 0.25) is 5.02 Å². The molecular weight excluding hydrogens is 408 g/mol. The summed E-state index contributed by atoms with van der Waals surface area (Å²) >= 11 is 7.87. The van der Waals surface area contributed by atoms with Gasteiger partial charge in [0.15, 0.2) is 5.96 Å². The van der Waals surface area contributed by atoms with Crippen LogP contribution in [0, 0.1) is 0 Å². The fraction of sp³-hybridized carbons (Fsp3) is 0.667. The molecule has 1 aromatic rings. The van der Waals surface area contributed by atoms with E-state index in [4.69, 9.17) is 21.1 Å². The Bertz CT molecular complexity index is 645. The van der Waals surface area contributed by atoms with Crippen LogP contribution in [0.25, 0.3) is 0 Å². The molecule has 0 amide bonds. The van der Waals surface area contributed by atoms with Crippen LogP contribution in [0.4, 0.5) is 0 Å². The smallest absolute Gasteiger partial charge is 0.193 e. The van der Waals surface area contributed by atoms with Crippen LogP contribution in [0.1, 0.15) is 12.8 Å². The van der Waals surface area contributed by atoms with Crippen molar-refractivity contribution in [2.45, 2.75) is 17.6 Å². The van der Waals surface area contributed by atoms with Crippen molar-refractivity contribution in [2.75, 3.05) is 72.4 Å². The zero-order chi connectivity index (χ0) is 20.5. The number of hydrogen-bond donors (Lipinski definition) is 1. The summed E-state index contributed by atoms with van der Waals surface area (Å²) in [6.07, 6.45) is 4.40. The van der Waals surface area contributed by atoms with Crippen LogP contribution in [-0.2, 0) is 4.74 Å². The summed E-state index contributed by atoms with van der Waals surface area (Å²) in [5, 5.41) is 4.36. The van der Waals surface area contributed by atoms with Crippen molar-refractivity contribution in [1.29, 1.82) is 0 Å². The van der Waals surface area contributed by atoms with E-state index in [1.54, 1.807) is 0 Å². The van der Waals surface area contributed by atoms with Crippen molar-refractivity contribution in [3.05, 3.63) is 29.3 Å². The summed E-state index contributed by atoms with van der Waals surface area (Å²) < 4.78 is 11.6. The van der Waals surface area contributed by atoms with Crippen LogP contribution in [-0.4, -0.2) is 92.9 Å². The lowest BCUT2D eigenvalue weighted by Crippen LogP contribution is -2.55. The van der Waals surface area contributed by atoms with Crippen molar-refractivity contribution in [2.24, 2.45) is 4.99 Å². The van der Waals surface area contributed by atoms with Gasteiger partial charge in [0.25, 0.3) is 0 Å². The Hall–Kier alpha value is -1.15. The Morgan fingerprint density at radius 1 is 1.21 bits per heavy atom. The van der Waals surface area contributed by atoms with E-state index >= 15 is 0 Å². The highest BCUT2D eigenvalue weighted by molar-refractivity contribution is 8.00. The molecule has 0 radical (unpaired) electrons. The number of halogens is 1. The second-order valence-corrected chi connectivity index (χ2v) is 9.24. The summed E-state index contributed by atoms with van der Waals surface area (Å²) in [5.41, 5.74) is 0. The number of benzene rings is 1. The van der Waals surface area contributed by atoms with Gasteiger partial charge in [-0.3, -0.25) is 9.89 Å². The van der Waals surface area contributed by atoms with Crippen molar-refractivity contribution < 1.29 is 9.47 Å². The molecule has 2 heterocycles. The fourth-order valence-electron chi connectivity index (χ4n) is 3.78. The second-order valence-electron chi connectivity index (χ2n) is 7.53. The topological polar surface area (TPSA) is 49.3 Å². The maximum absolute atomic E-state index is 5.91. The molecule has 0 aliphatic carbocycles. The van der Waals surface area contributed by atoms with Crippen molar-refractivity contribution in [1.82, 2.24) is 15.1 Å². The number of hydrogen-bond acceptors (Lipinski definition) is 5. The number of ether oxygens (including phenoxy) is 2. The molecule has 6 nitrogen and oxygen atoms in total. The van der Waals surface area contributed by atoms with Crippen LogP contribution in [0.5, 0.6) is 5.75 Å². The molecule has 29 heavy (non-hydrogen) atoms. The first kappa shape index (κ1) is 22.5. The molecule has 1 aromatic carbocycles. The molecule has 2 saturated heterocycles. The molecule has 0 aromatic heterocycles. The summed E-state index contributed by atoms with van der Waals surface area (Å²) in [6.45, 7) is 8.28. The van der Waals surface area contributed by atoms with Gasteiger partial charge < -0.3 is 19.7 Å². The standard InChI is InChI=1S/C21H33ClN4O2S/c1-23-20(24-17-21(29-2)7-14-27-15-8-21)26-11-9-25(10-12-26)13-16-28-19-5-3-18(22)4-6-19/h3-6H,7-17H2,1-2H3,(H,23,24). The normalized spacial score (nSPS) is 20.5. The zero-order valence-corrected chi connectivity index (χ0v) is 19.1. The maximum atomic E-state index is 5.91. The molecule has 0 saturated carbocycles. The summed E-state index contributed by atoms with van der Waals surface area (Å²) in [6, 6.07) is 7.54. The van der Waals surface area contributed by atoms with E-state index < -0.39 is 0 Å². The molecule has 0 atom stereocenters. The summed E-state index contributed by atoms with van der Waals surface area (Å²) in [5.74, 6) is 1.88. The largest absolute Gasteiger partial charge is 0.492 e.